The number of anilines is 1. The third-order valence-corrected chi connectivity index (χ3v) is 6.16. The Labute approximate surface area is 180 Å². The first-order valence-corrected chi connectivity index (χ1v) is 10.6. The van der Waals surface area contributed by atoms with Crippen molar-refractivity contribution >= 4 is 23.2 Å². The molecule has 1 fully saturated rings. The molecule has 2 aliphatic rings. The van der Waals surface area contributed by atoms with Crippen LogP contribution in [-0.2, 0) is 4.79 Å². The van der Waals surface area contributed by atoms with Crippen LogP contribution in [0.5, 0.6) is 5.88 Å². The number of aliphatic carboxylic acids is 1. The van der Waals surface area contributed by atoms with Gasteiger partial charge in [-0.15, -0.1) is 0 Å². The van der Waals surface area contributed by atoms with Crippen LogP contribution in [0.2, 0.25) is 0 Å². The summed E-state index contributed by atoms with van der Waals surface area (Å²) < 4.78 is 21.2. The number of carbonyl (C=O) groups is 1. The first-order chi connectivity index (χ1) is 14.6. The number of hydrogen-bond donors (Lipinski definition) is 2. The van der Waals surface area contributed by atoms with Crippen molar-refractivity contribution in [1.29, 1.82) is 0 Å². The molecule has 164 valence electrons. The second kappa shape index (κ2) is 7.90. The molecular weight excluding hydrogens is 399 g/mol. The fourth-order valence-electron chi connectivity index (χ4n) is 4.62. The number of nitrogen functional groups attached to an aromatic ring is 1. The van der Waals surface area contributed by atoms with Crippen molar-refractivity contribution in [3.63, 3.8) is 0 Å². The molecule has 2 aromatic rings. The van der Waals surface area contributed by atoms with Gasteiger partial charge in [-0.25, -0.2) is 14.4 Å². The number of ether oxygens (including phenoxy) is 1. The maximum atomic E-state index is 15.1. The lowest BCUT2D eigenvalue weighted by Gasteiger charge is -2.32. The number of rotatable bonds is 4. The molecule has 7 nitrogen and oxygen atoms in total. The van der Waals surface area contributed by atoms with Crippen molar-refractivity contribution in [2.45, 2.75) is 64.4 Å². The molecule has 2 heterocycles. The zero-order chi connectivity index (χ0) is 22.3. The molecule has 4 rings (SSSR count). The Bertz CT molecular complexity index is 1060. The van der Waals surface area contributed by atoms with E-state index < -0.39 is 11.6 Å². The van der Waals surface area contributed by atoms with Gasteiger partial charge in [0.1, 0.15) is 17.2 Å². The van der Waals surface area contributed by atoms with Crippen molar-refractivity contribution < 1.29 is 19.0 Å². The molecule has 1 saturated carbocycles. The highest BCUT2D eigenvalue weighted by Gasteiger charge is 2.36. The van der Waals surface area contributed by atoms with Gasteiger partial charge < -0.3 is 15.6 Å². The normalized spacial score (nSPS) is 22.3. The van der Waals surface area contributed by atoms with Gasteiger partial charge in [0, 0.05) is 12.0 Å². The number of aromatic nitrogens is 2. The Morgan fingerprint density at radius 3 is 2.61 bits per heavy atom. The van der Waals surface area contributed by atoms with Crippen LogP contribution < -0.4 is 10.5 Å². The number of fused-ring (bicyclic) bond motifs is 1. The van der Waals surface area contributed by atoms with Gasteiger partial charge in [0.05, 0.1) is 5.71 Å². The molecule has 0 bridgehead atoms. The molecule has 1 aliphatic carbocycles. The maximum absolute atomic E-state index is 15.1. The van der Waals surface area contributed by atoms with Crippen LogP contribution in [-0.4, -0.2) is 32.4 Å². The Morgan fingerprint density at radius 2 is 1.97 bits per heavy atom. The van der Waals surface area contributed by atoms with E-state index in [1.807, 2.05) is 26.0 Å². The third-order valence-electron chi connectivity index (χ3n) is 6.16. The largest absolute Gasteiger partial charge is 0.481 e. The Balaban J connectivity index is 1.60. The zero-order valence-electron chi connectivity index (χ0n) is 18.0. The summed E-state index contributed by atoms with van der Waals surface area (Å²) in [7, 11) is 0. The minimum atomic E-state index is -0.816. The van der Waals surface area contributed by atoms with Crippen LogP contribution in [0.25, 0.3) is 0 Å². The zero-order valence-corrected chi connectivity index (χ0v) is 18.0. The van der Waals surface area contributed by atoms with E-state index in [4.69, 9.17) is 15.6 Å². The van der Waals surface area contributed by atoms with E-state index in [1.165, 1.54) is 6.07 Å². The van der Waals surface area contributed by atoms with Crippen LogP contribution in [0.15, 0.2) is 23.2 Å². The van der Waals surface area contributed by atoms with Crippen molar-refractivity contribution in [3.05, 3.63) is 41.0 Å². The van der Waals surface area contributed by atoms with Gasteiger partial charge >= 0.3 is 5.97 Å². The molecule has 0 atom stereocenters. The minimum absolute atomic E-state index is 0.101. The number of nitrogens with zero attached hydrogens (tertiary/aromatic N) is 3. The molecule has 0 radical (unpaired) electrons. The van der Waals surface area contributed by atoms with Crippen molar-refractivity contribution in [2.24, 2.45) is 10.9 Å². The number of benzene rings is 1. The SMILES string of the molecule is Cc1nc(N)c2c(n1)OC(C)(C)C(c1ccc(C3CCC(CC(=O)O)CC3)c(F)c1)=N2. The van der Waals surface area contributed by atoms with Crippen LogP contribution in [0, 0.1) is 18.7 Å². The summed E-state index contributed by atoms with van der Waals surface area (Å²) in [5.74, 6) is 0.293. The highest BCUT2D eigenvalue weighted by molar-refractivity contribution is 6.09. The molecule has 8 heteroatoms. The molecule has 0 spiro atoms. The molecular formula is C23H27FN4O3. The van der Waals surface area contributed by atoms with E-state index in [1.54, 1.807) is 6.92 Å². The van der Waals surface area contributed by atoms with E-state index in [0.717, 1.165) is 25.7 Å². The van der Waals surface area contributed by atoms with Gasteiger partial charge in [-0.3, -0.25) is 4.79 Å². The van der Waals surface area contributed by atoms with Crippen molar-refractivity contribution in [2.75, 3.05) is 5.73 Å². The van der Waals surface area contributed by atoms with E-state index in [0.29, 0.717) is 34.2 Å². The van der Waals surface area contributed by atoms with Crippen LogP contribution in [0.1, 0.15) is 68.8 Å². The average molecular weight is 426 g/mol. The second-order valence-electron chi connectivity index (χ2n) is 8.93. The molecule has 0 unspecified atom stereocenters. The number of aliphatic imine (C=N–C) groups is 1. The monoisotopic (exact) mass is 426 g/mol. The summed E-state index contributed by atoms with van der Waals surface area (Å²) in [6.07, 6.45) is 3.40. The van der Waals surface area contributed by atoms with Gasteiger partial charge in [-0.2, -0.15) is 4.98 Å². The van der Waals surface area contributed by atoms with E-state index in [-0.39, 0.29) is 29.9 Å². The predicted molar refractivity (Wildman–Crippen MR) is 115 cm³/mol. The summed E-state index contributed by atoms with van der Waals surface area (Å²) in [6.45, 7) is 5.45. The molecule has 3 N–H and O–H groups in total. The van der Waals surface area contributed by atoms with Crippen molar-refractivity contribution in [3.8, 4) is 5.88 Å². The smallest absolute Gasteiger partial charge is 0.303 e. The third kappa shape index (κ3) is 4.24. The van der Waals surface area contributed by atoms with Crippen LogP contribution in [0.4, 0.5) is 15.9 Å². The first-order valence-electron chi connectivity index (χ1n) is 10.6. The Morgan fingerprint density at radius 1 is 1.26 bits per heavy atom. The highest BCUT2D eigenvalue weighted by Crippen LogP contribution is 2.41. The number of carboxylic acid groups (broad SMARTS) is 1. The topological polar surface area (TPSA) is 111 Å². The number of hydrogen-bond acceptors (Lipinski definition) is 6. The molecule has 31 heavy (non-hydrogen) atoms. The summed E-state index contributed by atoms with van der Waals surface area (Å²) in [4.78, 5) is 24.0. The molecule has 1 aromatic heterocycles. The summed E-state index contributed by atoms with van der Waals surface area (Å²) in [6, 6.07) is 5.18. The number of aryl methyl sites for hydroxylation is 1. The molecule has 1 aliphatic heterocycles. The van der Waals surface area contributed by atoms with E-state index >= 15 is 4.39 Å². The predicted octanol–water partition coefficient (Wildman–Crippen LogP) is 4.55. The van der Waals surface area contributed by atoms with E-state index in [9.17, 15) is 4.79 Å². The lowest BCUT2D eigenvalue weighted by molar-refractivity contribution is -0.138. The Hall–Kier alpha value is -3.03. The summed E-state index contributed by atoms with van der Waals surface area (Å²) in [5.41, 5.74) is 7.42. The molecule has 0 saturated heterocycles. The molecule has 0 amide bonds. The van der Waals surface area contributed by atoms with Crippen LogP contribution >= 0.6 is 0 Å². The maximum Gasteiger partial charge on any atom is 0.303 e. The lowest BCUT2D eigenvalue weighted by atomic mass is 9.77. The van der Waals surface area contributed by atoms with Gasteiger partial charge in [0.15, 0.2) is 11.5 Å². The van der Waals surface area contributed by atoms with Gasteiger partial charge in [-0.1, -0.05) is 12.1 Å². The number of carboxylic acids is 1. The van der Waals surface area contributed by atoms with E-state index in [2.05, 4.69) is 15.0 Å². The fraction of sp³-hybridized carbons (Fsp3) is 0.478. The Kier molecular flexibility index (Phi) is 5.41. The first kappa shape index (κ1) is 21.2. The summed E-state index contributed by atoms with van der Waals surface area (Å²) >= 11 is 0. The molecule has 1 aromatic carbocycles. The standard InChI is InChI=1S/C23H27FN4O3/c1-12-26-21(25)19-22(27-12)31-23(2,3)20(28-19)15-8-9-16(17(24)11-15)14-6-4-13(5-7-14)10-18(29)30/h8-9,11,13-14H,4-7,10H2,1-3H3,(H,29,30)(H2,25,26,27). The fourth-order valence-corrected chi connectivity index (χ4v) is 4.62. The van der Waals surface area contributed by atoms with Gasteiger partial charge in [0.25, 0.3) is 0 Å². The number of halogens is 1. The second-order valence-corrected chi connectivity index (χ2v) is 8.93. The lowest BCUT2D eigenvalue weighted by Crippen LogP contribution is -2.41. The van der Waals surface area contributed by atoms with Crippen LogP contribution in [0.3, 0.4) is 0 Å². The summed E-state index contributed by atoms with van der Waals surface area (Å²) in [5, 5.41) is 8.98. The van der Waals surface area contributed by atoms with Gasteiger partial charge in [-0.05, 0) is 69.9 Å². The minimum Gasteiger partial charge on any atom is -0.481 e. The number of nitrogens with two attached hydrogens (primary N) is 1. The average Bonchev–Trinajstić information content (AvgIpc) is 2.67. The highest BCUT2D eigenvalue weighted by atomic mass is 19.1. The van der Waals surface area contributed by atoms with Gasteiger partial charge in [0.2, 0.25) is 5.88 Å². The quantitative estimate of drug-likeness (QED) is 0.742. The van der Waals surface area contributed by atoms with Crippen molar-refractivity contribution in [1.82, 2.24) is 9.97 Å².